The van der Waals surface area contributed by atoms with E-state index in [0.717, 1.165) is 58.1 Å². The molecule has 1 saturated heterocycles. The summed E-state index contributed by atoms with van der Waals surface area (Å²) in [7, 11) is 1.95. The van der Waals surface area contributed by atoms with Crippen LogP contribution in [0.25, 0.3) is 27.8 Å². The lowest BCUT2D eigenvalue weighted by atomic mass is 10.1. The number of aromatic nitrogens is 6. The van der Waals surface area contributed by atoms with E-state index in [-0.39, 0.29) is 0 Å². The molecule has 9 nitrogen and oxygen atoms in total. The molecule has 0 radical (unpaired) electrons. The Bertz CT molecular complexity index is 1480. The second-order valence-electron chi connectivity index (χ2n) is 8.65. The fourth-order valence-electron chi connectivity index (χ4n) is 4.26. The molecule has 0 bridgehead atoms. The molecule has 1 aliphatic rings. The van der Waals surface area contributed by atoms with Crippen LogP contribution < -0.4 is 10.2 Å². The number of hydrogen-bond acceptors (Lipinski definition) is 7. The van der Waals surface area contributed by atoms with E-state index < -0.39 is 0 Å². The van der Waals surface area contributed by atoms with E-state index in [1.165, 1.54) is 0 Å². The maximum atomic E-state index is 5.53. The van der Waals surface area contributed by atoms with Crippen molar-refractivity contribution in [2.75, 3.05) is 36.5 Å². The van der Waals surface area contributed by atoms with Crippen molar-refractivity contribution in [3.63, 3.8) is 0 Å². The van der Waals surface area contributed by atoms with E-state index in [1.807, 2.05) is 72.1 Å². The van der Waals surface area contributed by atoms with E-state index in [2.05, 4.69) is 38.6 Å². The summed E-state index contributed by atoms with van der Waals surface area (Å²) in [5, 5.41) is 13.4. The Hall–Kier alpha value is -4.24. The Kier molecular flexibility index (Phi) is 5.38. The van der Waals surface area contributed by atoms with Crippen molar-refractivity contribution in [3.8, 4) is 16.9 Å². The number of aryl methyl sites for hydroxylation is 2. The van der Waals surface area contributed by atoms with E-state index in [4.69, 9.17) is 14.7 Å². The lowest BCUT2D eigenvalue weighted by Gasteiger charge is -2.27. The van der Waals surface area contributed by atoms with Crippen molar-refractivity contribution in [2.45, 2.75) is 6.92 Å². The lowest BCUT2D eigenvalue weighted by Crippen LogP contribution is -2.37. The van der Waals surface area contributed by atoms with Crippen LogP contribution in [0, 0.1) is 6.92 Å². The van der Waals surface area contributed by atoms with Gasteiger partial charge in [-0.15, -0.1) is 0 Å². The smallest absolute Gasteiger partial charge is 0.228 e. The number of hydrogen-bond donors (Lipinski definition) is 1. The number of anilines is 3. The van der Waals surface area contributed by atoms with Crippen LogP contribution in [0.1, 0.15) is 5.69 Å². The minimum Gasteiger partial charge on any atom is -0.378 e. The van der Waals surface area contributed by atoms with Crippen molar-refractivity contribution in [2.24, 2.45) is 7.05 Å². The molecule has 0 saturated carbocycles. The van der Waals surface area contributed by atoms with Gasteiger partial charge in [-0.25, -0.2) is 9.67 Å². The average Bonchev–Trinajstić information content (AvgIpc) is 3.50. The SMILES string of the molecule is Cc1ccn(-c2ccc(Nc3cc(-c4ccc5cnn(C)c5c4)nc(N4CCOCC4)n3)cc2)n1. The van der Waals surface area contributed by atoms with Crippen LogP contribution in [0.15, 0.2) is 67.0 Å². The number of benzene rings is 2. The first-order valence-corrected chi connectivity index (χ1v) is 11.7. The molecule has 0 atom stereocenters. The van der Waals surface area contributed by atoms with Gasteiger partial charge in [-0.3, -0.25) is 4.68 Å². The summed E-state index contributed by atoms with van der Waals surface area (Å²) in [4.78, 5) is 11.9. The van der Waals surface area contributed by atoms with Gasteiger partial charge in [0.05, 0.1) is 42.0 Å². The van der Waals surface area contributed by atoms with Crippen molar-refractivity contribution in [3.05, 3.63) is 72.7 Å². The van der Waals surface area contributed by atoms with Crippen LogP contribution in [-0.2, 0) is 11.8 Å². The van der Waals surface area contributed by atoms with Gasteiger partial charge in [-0.2, -0.15) is 15.2 Å². The van der Waals surface area contributed by atoms with Gasteiger partial charge in [0.15, 0.2) is 0 Å². The standard InChI is InChI=1S/C26H26N8O/c1-18-9-10-34(31-18)22-7-5-21(6-8-22)28-25-16-23(29-26(30-25)33-11-13-35-14-12-33)19-3-4-20-17-27-32(2)24(20)15-19/h3-10,15-17H,11-14H2,1-2H3,(H,28,29,30). The molecule has 0 spiro atoms. The first-order valence-electron chi connectivity index (χ1n) is 11.7. The number of fused-ring (bicyclic) bond motifs is 1. The van der Waals surface area contributed by atoms with Crippen LogP contribution in [-0.4, -0.2) is 55.8 Å². The highest BCUT2D eigenvalue weighted by Crippen LogP contribution is 2.28. The van der Waals surface area contributed by atoms with Crippen molar-refractivity contribution in [1.82, 2.24) is 29.5 Å². The molecule has 3 aromatic heterocycles. The summed E-state index contributed by atoms with van der Waals surface area (Å²) in [6.07, 6.45) is 3.83. The number of nitrogens with zero attached hydrogens (tertiary/aromatic N) is 7. The zero-order valence-electron chi connectivity index (χ0n) is 19.7. The maximum Gasteiger partial charge on any atom is 0.228 e. The number of nitrogens with one attached hydrogen (secondary N) is 1. The van der Waals surface area contributed by atoms with Crippen LogP contribution in [0.2, 0.25) is 0 Å². The van der Waals surface area contributed by atoms with Crippen LogP contribution >= 0.6 is 0 Å². The Morgan fingerprint density at radius 1 is 0.943 bits per heavy atom. The minimum absolute atomic E-state index is 0.672. The fraction of sp³-hybridized carbons (Fsp3) is 0.231. The van der Waals surface area contributed by atoms with Gasteiger partial charge < -0.3 is 15.0 Å². The molecule has 35 heavy (non-hydrogen) atoms. The van der Waals surface area contributed by atoms with Gasteiger partial charge >= 0.3 is 0 Å². The number of rotatable bonds is 5. The molecule has 0 amide bonds. The predicted octanol–water partition coefficient (Wildman–Crippen LogP) is 4.10. The summed E-state index contributed by atoms with van der Waals surface area (Å²) < 4.78 is 9.28. The number of ether oxygens (including phenoxy) is 1. The van der Waals surface area contributed by atoms with E-state index in [1.54, 1.807) is 0 Å². The zero-order chi connectivity index (χ0) is 23.8. The molecular weight excluding hydrogens is 440 g/mol. The van der Waals surface area contributed by atoms with Crippen molar-refractivity contribution >= 4 is 28.4 Å². The molecule has 5 aromatic rings. The molecule has 2 aromatic carbocycles. The normalized spacial score (nSPS) is 13.9. The highest BCUT2D eigenvalue weighted by molar-refractivity contribution is 5.84. The highest BCUT2D eigenvalue weighted by atomic mass is 16.5. The van der Waals surface area contributed by atoms with Crippen molar-refractivity contribution < 1.29 is 4.74 Å². The molecule has 1 fully saturated rings. The summed E-state index contributed by atoms with van der Waals surface area (Å²) in [5.74, 6) is 1.44. The Morgan fingerprint density at radius 2 is 1.77 bits per heavy atom. The zero-order valence-corrected chi connectivity index (χ0v) is 19.7. The predicted molar refractivity (Wildman–Crippen MR) is 136 cm³/mol. The molecule has 176 valence electrons. The molecule has 1 aliphatic heterocycles. The Morgan fingerprint density at radius 3 is 2.54 bits per heavy atom. The third-order valence-electron chi connectivity index (χ3n) is 6.18. The van der Waals surface area contributed by atoms with Gasteiger partial charge in [-0.05, 0) is 43.3 Å². The summed E-state index contributed by atoms with van der Waals surface area (Å²) in [5.41, 5.74) is 5.87. The number of morpholine rings is 1. The van der Waals surface area contributed by atoms with Gasteiger partial charge in [0.1, 0.15) is 5.82 Å². The monoisotopic (exact) mass is 466 g/mol. The molecule has 0 unspecified atom stereocenters. The van der Waals surface area contributed by atoms with Gasteiger partial charge in [0.2, 0.25) is 5.95 Å². The van der Waals surface area contributed by atoms with Crippen LogP contribution in [0.5, 0.6) is 0 Å². The van der Waals surface area contributed by atoms with E-state index >= 15 is 0 Å². The second-order valence-corrected chi connectivity index (χ2v) is 8.65. The third-order valence-corrected chi connectivity index (χ3v) is 6.18. The summed E-state index contributed by atoms with van der Waals surface area (Å²) in [6, 6.07) is 18.4. The van der Waals surface area contributed by atoms with Crippen LogP contribution in [0.4, 0.5) is 17.5 Å². The first-order chi connectivity index (χ1) is 17.1. The second kappa shape index (κ2) is 8.84. The van der Waals surface area contributed by atoms with Gasteiger partial charge in [0.25, 0.3) is 0 Å². The highest BCUT2D eigenvalue weighted by Gasteiger charge is 2.17. The summed E-state index contributed by atoms with van der Waals surface area (Å²) >= 11 is 0. The topological polar surface area (TPSA) is 85.9 Å². The van der Waals surface area contributed by atoms with E-state index in [9.17, 15) is 0 Å². The lowest BCUT2D eigenvalue weighted by molar-refractivity contribution is 0.122. The molecule has 4 heterocycles. The van der Waals surface area contributed by atoms with Crippen molar-refractivity contribution in [1.29, 1.82) is 0 Å². The van der Waals surface area contributed by atoms with Gasteiger partial charge in [0, 0.05) is 49.0 Å². The summed E-state index contributed by atoms with van der Waals surface area (Å²) in [6.45, 7) is 4.86. The largest absolute Gasteiger partial charge is 0.378 e. The molecule has 6 rings (SSSR count). The minimum atomic E-state index is 0.672. The quantitative estimate of drug-likeness (QED) is 0.417. The van der Waals surface area contributed by atoms with E-state index in [0.29, 0.717) is 19.2 Å². The maximum absolute atomic E-state index is 5.53. The average molecular weight is 467 g/mol. The van der Waals surface area contributed by atoms with Gasteiger partial charge in [-0.1, -0.05) is 12.1 Å². The Balaban J connectivity index is 1.35. The molecule has 9 heteroatoms. The molecule has 1 N–H and O–H groups in total. The fourth-order valence-corrected chi connectivity index (χ4v) is 4.26. The Labute approximate surface area is 203 Å². The third kappa shape index (κ3) is 4.33. The van der Waals surface area contributed by atoms with Crippen LogP contribution in [0.3, 0.4) is 0 Å². The molecular formula is C26H26N8O. The first kappa shape index (κ1) is 21.3. The molecule has 0 aliphatic carbocycles.